The van der Waals surface area contributed by atoms with Crippen molar-refractivity contribution >= 4 is 11.9 Å². The zero-order valence-electron chi connectivity index (χ0n) is 12.3. The molecule has 22 heavy (non-hydrogen) atoms. The molecule has 1 fully saturated rings. The number of benzene rings is 1. The Morgan fingerprint density at radius 3 is 2.50 bits per heavy atom. The summed E-state index contributed by atoms with van der Waals surface area (Å²) in [5.41, 5.74) is 0.409. The first-order chi connectivity index (χ1) is 10.5. The van der Waals surface area contributed by atoms with Gasteiger partial charge in [0.05, 0.1) is 5.56 Å². The molecule has 1 aliphatic heterocycles. The minimum absolute atomic E-state index is 0.124. The largest absolute Gasteiger partial charge is 0.459 e. The van der Waals surface area contributed by atoms with E-state index in [1.807, 2.05) is 0 Å². The zero-order valence-corrected chi connectivity index (χ0v) is 12.3. The van der Waals surface area contributed by atoms with E-state index in [-0.39, 0.29) is 6.61 Å². The summed E-state index contributed by atoms with van der Waals surface area (Å²) in [7, 11) is 1.40. The van der Waals surface area contributed by atoms with Crippen molar-refractivity contribution in [2.24, 2.45) is 0 Å². The highest BCUT2D eigenvalue weighted by molar-refractivity contribution is 5.89. The third-order valence-corrected chi connectivity index (χ3v) is 3.25. The summed E-state index contributed by atoms with van der Waals surface area (Å²) < 4.78 is 20.6. The SMILES string of the molecule is CO[C@@H]1[C@@H](OC(C)=O)[C@@H](O)O[C@H]1COC(=O)c1ccccc1. The predicted molar refractivity (Wildman–Crippen MR) is 74.0 cm³/mol. The molecule has 1 heterocycles. The lowest BCUT2D eigenvalue weighted by atomic mass is 10.1. The van der Waals surface area contributed by atoms with Gasteiger partial charge in [-0.05, 0) is 12.1 Å². The first-order valence-electron chi connectivity index (χ1n) is 6.78. The van der Waals surface area contributed by atoms with Gasteiger partial charge in [0.2, 0.25) is 0 Å². The smallest absolute Gasteiger partial charge is 0.338 e. The molecule has 120 valence electrons. The van der Waals surface area contributed by atoms with Crippen LogP contribution in [0.3, 0.4) is 0 Å². The van der Waals surface area contributed by atoms with Crippen LogP contribution in [0.2, 0.25) is 0 Å². The summed E-state index contributed by atoms with van der Waals surface area (Å²) in [4.78, 5) is 22.9. The van der Waals surface area contributed by atoms with Crippen molar-refractivity contribution in [3.63, 3.8) is 0 Å². The third kappa shape index (κ3) is 3.82. The van der Waals surface area contributed by atoms with Crippen molar-refractivity contribution in [1.29, 1.82) is 0 Å². The molecule has 7 nitrogen and oxygen atoms in total. The number of methoxy groups -OCH3 is 1. The molecule has 0 spiro atoms. The number of carbonyl (C=O) groups is 2. The van der Waals surface area contributed by atoms with Crippen LogP contribution in [0.5, 0.6) is 0 Å². The van der Waals surface area contributed by atoms with Gasteiger partial charge in [-0.3, -0.25) is 4.79 Å². The molecule has 0 aromatic heterocycles. The molecule has 7 heteroatoms. The number of rotatable bonds is 5. The van der Waals surface area contributed by atoms with Crippen LogP contribution < -0.4 is 0 Å². The number of aliphatic hydroxyl groups is 1. The lowest BCUT2D eigenvalue weighted by Crippen LogP contribution is -2.39. The molecule has 1 saturated heterocycles. The maximum Gasteiger partial charge on any atom is 0.338 e. The standard InChI is InChI=1S/C15H18O7/c1-9(16)21-13-12(19-2)11(22-15(13)18)8-20-14(17)10-6-4-3-5-7-10/h3-7,11-13,15,18H,8H2,1-2H3/t11-,12-,13+,15-/m0/s1. The fourth-order valence-electron chi connectivity index (χ4n) is 2.26. The Hall–Kier alpha value is -1.96. The Kier molecular flexibility index (Phi) is 5.48. The van der Waals surface area contributed by atoms with Crippen LogP contribution >= 0.6 is 0 Å². The molecule has 0 aliphatic carbocycles. The third-order valence-electron chi connectivity index (χ3n) is 3.25. The van der Waals surface area contributed by atoms with Gasteiger partial charge in [-0.1, -0.05) is 18.2 Å². The molecule has 1 aromatic rings. The van der Waals surface area contributed by atoms with Crippen molar-refractivity contribution in [2.75, 3.05) is 13.7 Å². The quantitative estimate of drug-likeness (QED) is 0.792. The second-order valence-corrected chi connectivity index (χ2v) is 4.80. The molecule has 0 radical (unpaired) electrons. The summed E-state index contributed by atoms with van der Waals surface area (Å²) in [6.45, 7) is 1.10. The number of esters is 2. The number of hydrogen-bond donors (Lipinski definition) is 1. The highest BCUT2D eigenvalue weighted by Gasteiger charge is 2.47. The van der Waals surface area contributed by atoms with Gasteiger partial charge >= 0.3 is 11.9 Å². The molecule has 1 aliphatic rings. The van der Waals surface area contributed by atoms with E-state index in [0.29, 0.717) is 5.56 Å². The number of carbonyl (C=O) groups excluding carboxylic acids is 2. The van der Waals surface area contributed by atoms with Gasteiger partial charge in [0.15, 0.2) is 12.4 Å². The van der Waals surface area contributed by atoms with Gasteiger partial charge in [0.25, 0.3) is 0 Å². The van der Waals surface area contributed by atoms with Crippen LogP contribution in [0, 0.1) is 0 Å². The van der Waals surface area contributed by atoms with Crippen molar-refractivity contribution in [3.05, 3.63) is 35.9 Å². The summed E-state index contributed by atoms with van der Waals surface area (Å²) in [5.74, 6) is -1.07. The van der Waals surface area contributed by atoms with Crippen molar-refractivity contribution in [3.8, 4) is 0 Å². The van der Waals surface area contributed by atoms with Gasteiger partial charge in [0.1, 0.15) is 18.8 Å². The minimum Gasteiger partial charge on any atom is -0.459 e. The Bertz CT molecular complexity index is 516. The molecular weight excluding hydrogens is 292 g/mol. The summed E-state index contributed by atoms with van der Waals surface area (Å²) in [5, 5.41) is 9.77. The second-order valence-electron chi connectivity index (χ2n) is 4.80. The summed E-state index contributed by atoms with van der Waals surface area (Å²) in [6.07, 6.45) is -3.73. The van der Waals surface area contributed by atoms with E-state index in [1.165, 1.54) is 14.0 Å². The predicted octanol–water partition coefficient (Wildman–Crippen LogP) is 0.507. The fraction of sp³-hybridized carbons (Fsp3) is 0.467. The Labute approximate surface area is 127 Å². The van der Waals surface area contributed by atoms with Gasteiger partial charge in [-0.15, -0.1) is 0 Å². The number of aliphatic hydroxyl groups excluding tert-OH is 1. The van der Waals surface area contributed by atoms with Gasteiger partial charge in [0, 0.05) is 14.0 Å². The monoisotopic (exact) mass is 310 g/mol. The first kappa shape index (κ1) is 16.4. The van der Waals surface area contributed by atoms with Crippen molar-refractivity contribution < 1.29 is 33.6 Å². The molecule has 4 atom stereocenters. The van der Waals surface area contributed by atoms with E-state index in [9.17, 15) is 14.7 Å². The van der Waals surface area contributed by atoms with E-state index < -0.39 is 36.5 Å². The van der Waals surface area contributed by atoms with Crippen LogP contribution in [0.1, 0.15) is 17.3 Å². The van der Waals surface area contributed by atoms with E-state index in [0.717, 1.165) is 0 Å². The van der Waals surface area contributed by atoms with Crippen LogP contribution in [0.15, 0.2) is 30.3 Å². The van der Waals surface area contributed by atoms with Crippen molar-refractivity contribution in [2.45, 2.75) is 31.5 Å². The van der Waals surface area contributed by atoms with E-state index in [1.54, 1.807) is 30.3 Å². The lowest BCUT2D eigenvalue weighted by Gasteiger charge is -2.20. The van der Waals surface area contributed by atoms with E-state index in [4.69, 9.17) is 18.9 Å². The summed E-state index contributed by atoms with van der Waals surface area (Å²) in [6, 6.07) is 8.49. The van der Waals surface area contributed by atoms with Crippen molar-refractivity contribution in [1.82, 2.24) is 0 Å². The Balaban J connectivity index is 1.95. The summed E-state index contributed by atoms with van der Waals surface area (Å²) >= 11 is 0. The molecule has 1 aromatic carbocycles. The zero-order chi connectivity index (χ0) is 16.1. The van der Waals surface area contributed by atoms with E-state index in [2.05, 4.69) is 0 Å². The molecule has 1 N–H and O–H groups in total. The highest BCUT2D eigenvalue weighted by atomic mass is 16.7. The highest BCUT2D eigenvalue weighted by Crippen LogP contribution is 2.25. The normalized spacial score (nSPS) is 27.4. The van der Waals surface area contributed by atoms with E-state index >= 15 is 0 Å². The van der Waals surface area contributed by atoms with Crippen LogP contribution in [-0.2, 0) is 23.7 Å². The topological polar surface area (TPSA) is 91.3 Å². The first-order valence-corrected chi connectivity index (χ1v) is 6.78. The van der Waals surface area contributed by atoms with Gasteiger partial charge in [-0.25, -0.2) is 4.79 Å². The Morgan fingerprint density at radius 1 is 1.23 bits per heavy atom. The molecule has 0 amide bonds. The fourth-order valence-corrected chi connectivity index (χ4v) is 2.26. The Morgan fingerprint density at radius 2 is 1.91 bits per heavy atom. The molecule has 0 bridgehead atoms. The maximum absolute atomic E-state index is 11.9. The van der Waals surface area contributed by atoms with Gasteiger partial charge in [-0.2, -0.15) is 0 Å². The maximum atomic E-state index is 11.9. The number of hydrogen-bond acceptors (Lipinski definition) is 7. The molecular formula is C15H18O7. The van der Waals surface area contributed by atoms with Crippen LogP contribution in [0.25, 0.3) is 0 Å². The average molecular weight is 310 g/mol. The molecule has 2 rings (SSSR count). The number of ether oxygens (including phenoxy) is 4. The van der Waals surface area contributed by atoms with Crippen LogP contribution in [0.4, 0.5) is 0 Å². The average Bonchev–Trinajstić information content (AvgIpc) is 2.80. The minimum atomic E-state index is -1.32. The second kappa shape index (κ2) is 7.35. The molecule has 0 unspecified atom stereocenters. The van der Waals surface area contributed by atoms with Gasteiger partial charge < -0.3 is 24.1 Å². The lowest BCUT2D eigenvalue weighted by molar-refractivity contribution is -0.171. The molecule has 0 saturated carbocycles. The van der Waals surface area contributed by atoms with Crippen LogP contribution in [-0.4, -0.2) is 55.4 Å².